The number of anilines is 1. The summed E-state index contributed by atoms with van der Waals surface area (Å²) in [7, 11) is 0. The van der Waals surface area contributed by atoms with Crippen LogP contribution < -0.4 is 10.9 Å². The van der Waals surface area contributed by atoms with Crippen LogP contribution in [0.25, 0.3) is 21.7 Å². The minimum atomic E-state index is -0.728. The van der Waals surface area contributed by atoms with Crippen LogP contribution in [-0.2, 0) is 0 Å². The number of hydrogen-bond acceptors (Lipinski definition) is 3. The second-order valence-electron chi connectivity index (χ2n) is 5.70. The molecule has 1 aromatic heterocycles. The number of benzene rings is 3. The Hall–Kier alpha value is -2.82. The SMILES string of the molecule is O=C(Nc1c(Cl)cccc1Cl)c1cc2c(ccc3ccccc32)oc1=O. The van der Waals surface area contributed by atoms with Gasteiger partial charge >= 0.3 is 5.63 Å². The lowest BCUT2D eigenvalue weighted by Crippen LogP contribution is -2.21. The topological polar surface area (TPSA) is 59.3 Å². The highest BCUT2D eigenvalue weighted by atomic mass is 35.5. The van der Waals surface area contributed by atoms with Crippen molar-refractivity contribution in [2.45, 2.75) is 0 Å². The number of amides is 1. The van der Waals surface area contributed by atoms with Gasteiger partial charge in [0.1, 0.15) is 11.1 Å². The summed E-state index contributed by atoms with van der Waals surface area (Å²) in [5.41, 5.74) is -0.183. The standard InChI is InChI=1S/C20H11Cl2NO3/c21-15-6-3-7-16(22)18(15)23-19(24)14-10-13-12-5-2-1-4-11(12)8-9-17(13)26-20(14)25/h1-10H,(H,23,24). The third kappa shape index (κ3) is 2.83. The summed E-state index contributed by atoms with van der Waals surface area (Å²) in [5, 5.41) is 5.69. The second kappa shape index (κ2) is 6.48. The van der Waals surface area contributed by atoms with Crippen LogP contribution in [0.1, 0.15) is 10.4 Å². The number of carbonyl (C=O) groups is 1. The molecule has 0 saturated carbocycles. The maximum atomic E-state index is 12.6. The fourth-order valence-corrected chi connectivity index (χ4v) is 3.32. The van der Waals surface area contributed by atoms with Gasteiger partial charge in [0, 0.05) is 5.39 Å². The number of rotatable bonds is 2. The molecule has 0 saturated heterocycles. The van der Waals surface area contributed by atoms with Crippen molar-refractivity contribution in [1.82, 2.24) is 0 Å². The Morgan fingerprint density at radius 3 is 2.38 bits per heavy atom. The first-order chi connectivity index (χ1) is 12.5. The predicted molar refractivity (Wildman–Crippen MR) is 104 cm³/mol. The molecule has 0 bridgehead atoms. The Bertz CT molecular complexity index is 1210. The molecule has 0 aliphatic rings. The zero-order valence-corrected chi connectivity index (χ0v) is 14.8. The van der Waals surface area contributed by atoms with Gasteiger partial charge in [0.25, 0.3) is 5.91 Å². The molecule has 26 heavy (non-hydrogen) atoms. The van der Waals surface area contributed by atoms with E-state index in [-0.39, 0.29) is 21.3 Å². The first-order valence-electron chi connectivity index (χ1n) is 7.75. The zero-order valence-electron chi connectivity index (χ0n) is 13.3. The molecular formula is C20H11Cl2NO3. The van der Waals surface area contributed by atoms with Gasteiger partial charge in [0.2, 0.25) is 0 Å². The Balaban J connectivity index is 1.85. The number of fused-ring (bicyclic) bond motifs is 3. The molecule has 3 aromatic carbocycles. The van der Waals surface area contributed by atoms with Crippen LogP contribution in [0, 0.1) is 0 Å². The van der Waals surface area contributed by atoms with Crippen LogP contribution in [0.3, 0.4) is 0 Å². The number of para-hydroxylation sites is 1. The highest BCUT2D eigenvalue weighted by Gasteiger charge is 2.17. The van der Waals surface area contributed by atoms with Crippen LogP contribution in [0.5, 0.6) is 0 Å². The first kappa shape index (κ1) is 16.6. The van der Waals surface area contributed by atoms with E-state index >= 15 is 0 Å². The Morgan fingerprint density at radius 1 is 0.885 bits per heavy atom. The zero-order chi connectivity index (χ0) is 18.3. The van der Waals surface area contributed by atoms with E-state index in [1.165, 1.54) is 6.07 Å². The van der Waals surface area contributed by atoms with Gasteiger partial charge in [-0.3, -0.25) is 4.79 Å². The van der Waals surface area contributed by atoms with Crippen LogP contribution >= 0.6 is 23.2 Å². The molecule has 4 rings (SSSR count). The van der Waals surface area contributed by atoms with Gasteiger partial charge in [0.05, 0.1) is 15.7 Å². The fraction of sp³-hybridized carbons (Fsp3) is 0. The largest absolute Gasteiger partial charge is 0.422 e. The molecule has 0 aliphatic carbocycles. The molecule has 1 N–H and O–H groups in total. The van der Waals surface area contributed by atoms with Gasteiger partial charge < -0.3 is 9.73 Å². The van der Waals surface area contributed by atoms with E-state index in [4.69, 9.17) is 27.6 Å². The van der Waals surface area contributed by atoms with Crippen molar-refractivity contribution in [2.75, 3.05) is 5.32 Å². The second-order valence-corrected chi connectivity index (χ2v) is 6.51. The predicted octanol–water partition coefficient (Wildman–Crippen LogP) is 5.51. The molecule has 4 aromatic rings. The minimum absolute atomic E-state index is 0.121. The summed E-state index contributed by atoms with van der Waals surface area (Å²) in [6, 6.07) is 17.6. The third-order valence-electron chi connectivity index (χ3n) is 4.09. The van der Waals surface area contributed by atoms with E-state index in [9.17, 15) is 9.59 Å². The first-order valence-corrected chi connectivity index (χ1v) is 8.51. The molecule has 0 atom stereocenters. The van der Waals surface area contributed by atoms with Gasteiger partial charge in [-0.15, -0.1) is 0 Å². The smallest absolute Gasteiger partial charge is 0.349 e. The van der Waals surface area contributed by atoms with Gasteiger partial charge in [-0.25, -0.2) is 4.79 Å². The van der Waals surface area contributed by atoms with E-state index in [0.717, 1.165) is 10.8 Å². The fourth-order valence-electron chi connectivity index (χ4n) is 2.83. The Morgan fingerprint density at radius 2 is 1.62 bits per heavy atom. The molecule has 6 heteroatoms. The molecule has 128 valence electrons. The molecule has 0 aliphatic heterocycles. The number of halogens is 2. The van der Waals surface area contributed by atoms with Gasteiger partial charge in [-0.05, 0) is 35.0 Å². The maximum Gasteiger partial charge on any atom is 0.349 e. The van der Waals surface area contributed by atoms with E-state index < -0.39 is 11.5 Å². The van der Waals surface area contributed by atoms with E-state index in [0.29, 0.717) is 11.0 Å². The lowest BCUT2D eigenvalue weighted by molar-refractivity contribution is 0.102. The van der Waals surface area contributed by atoms with Crippen molar-refractivity contribution in [3.8, 4) is 0 Å². The van der Waals surface area contributed by atoms with Gasteiger partial charge in [-0.1, -0.05) is 59.6 Å². The maximum absolute atomic E-state index is 12.6. The summed E-state index contributed by atoms with van der Waals surface area (Å²) < 4.78 is 5.34. The molecule has 0 radical (unpaired) electrons. The number of nitrogens with one attached hydrogen (secondary N) is 1. The summed E-state index contributed by atoms with van der Waals surface area (Å²) in [4.78, 5) is 24.9. The quantitative estimate of drug-likeness (QED) is 0.367. The highest BCUT2D eigenvalue weighted by molar-refractivity contribution is 6.40. The molecule has 1 heterocycles. The third-order valence-corrected chi connectivity index (χ3v) is 4.72. The average molecular weight is 384 g/mol. The Kier molecular flexibility index (Phi) is 4.15. The average Bonchev–Trinajstić information content (AvgIpc) is 2.64. The summed E-state index contributed by atoms with van der Waals surface area (Å²) >= 11 is 12.1. The van der Waals surface area contributed by atoms with Crippen molar-refractivity contribution in [3.63, 3.8) is 0 Å². The van der Waals surface area contributed by atoms with Crippen LogP contribution in [0.4, 0.5) is 5.69 Å². The molecule has 0 unspecified atom stereocenters. The number of carbonyl (C=O) groups excluding carboxylic acids is 1. The van der Waals surface area contributed by atoms with E-state index in [1.54, 1.807) is 24.3 Å². The minimum Gasteiger partial charge on any atom is -0.422 e. The van der Waals surface area contributed by atoms with Crippen LogP contribution in [-0.4, -0.2) is 5.91 Å². The molecular weight excluding hydrogens is 373 g/mol. The van der Waals surface area contributed by atoms with Crippen molar-refractivity contribution < 1.29 is 9.21 Å². The van der Waals surface area contributed by atoms with Crippen LogP contribution in [0.2, 0.25) is 10.0 Å². The normalized spacial score (nSPS) is 11.0. The summed E-state index contributed by atoms with van der Waals surface area (Å²) in [5.74, 6) is -0.636. The lowest BCUT2D eigenvalue weighted by Gasteiger charge is -2.09. The number of hydrogen-bond donors (Lipinski definition) is 1. The Labute approximate surface area is 158 Å². The van der Waals surface area contributed by atoms with Crippen LogP contribution in [0.15, 0.2) is 69.9 Å². The molecule has 0 fully saturated rings. The van der Waals surface area contributed by atoms with Crippen molar-refractivity contribution in [3.05, 3.63) is 86.7 Å². The van der Waals surface area contributed by atoms with Crippen molar-refractivity contribution in [1.29, 1.82) is 0 Å². The molecule has 0 spiro atoms. The van der Waals surface area contributed by atoms with Crippen molar-refractivity contribution in [2.24, 2.45) is 0 Å². The summed E-state index contributed by atoms with van der Waals surface area (Å²) in [6.45, 7) is 0. The lowest BCUT2D eigenvalue weighted by atomic mass is 10.0. The molecule has 1 amide bonds. The van der Waals surface area contributed by atoms with Gasteiger partial charge in [-0.2, -0.15) is 0 Å². The molecule has 4 nitrogen and oxygen atoms in total. The monoisotopic (exact) mass is 383 g/mol. The van der Waals surface area contributed by atoms with E-state index in [2.05, 4.69) is 5.32 Å². The summed E-state index contributed by atoms with van der Waals surface area (Å²) in [6.07, 6.45) is 0. The highest BCUT2D eigenvalue weighted by Crippen LogP contribution is 2.30. The van der Waals surface area contributed by atoms with Crippen molar-refractivity contribution >= 4 is 56.5 Å². The van der Waals surface area contributed by atoms with Gasteiger partial charge in [0.15, 0.2) is 0 Å². The van der Waals surface area contributed by atoms with E-state index in [1.807, 2.05) is 30.3 Å².